The zero-order chi connectivity index (χ0) is 44.7. The van der Waals surface area contributed by atoms with Gasteiger partial charge < -0.3 is 29.8 Å². The number of aliphatic hydroxyl groups is 1. The van der Waals surface area contributed by atoms with Gasteiger partial charge in [-0.3, -0.25) is 4.90 Å². The Kier molecular flexibility index (Phi) is 14.2. The highest BCUT2D eigenvalue weighted by atomic mass is 35.5. The van der Waals surface area contributed by atoms with Gasteiger partial charge in [-0.1, -0.05) is 59.6 Å². The van der Waals surface area contributed by atoms with E-state index in [2.05, 4.69) is 29.7 Å². The lowest BCUT2D eigenvalue weighted by Gasteiger charge is -2.32. The van der Waals surface area contributed by atoms with Crippen molar-refractivity contribution in [3.8, 4) is 50.3 Å². The van der Waals surface area contributed by atoms with E-state index in [0.29, 0.717) is 116 Å². The minimum atomic E-state index is -1.49. The van der Waals surface area contributed by atoms with Gasteiger partial charge in [0.2, 0.25) is 12.0 Å². The molecule has 18 heteroatoms. The van der Waals surface area contributed by atoms with Gasteiger partial charge in [-0.05, 0) is 89.7 Å². The number of para-hydroxylation sites is 1. The molecule has 8 rings (SSSR count). The number of fused-ring (bicyclic) bond motifs is 1. The van der Waals surface area contributed by atoms with E-state index in [1.807, 2.05) is 12.1 Å². The van der Waals surface area contributed by atoms with E-state index in [1.165, 1.54) is 34.9 Å². The molecule has 0 aliphatic carbocycles. The summed E-state index contributed by atoms with van der Waals surface area (Å²) < 4.78 is 26.8. The lowest BCUT2D eigenvalue weighted by molar-refractivity contribution is -0.145. The number of hydrogen-bond donors (Lipinski definition) is 4. The smallest absolute Gasteiger partial charge is 0.345 e. The quantitative estimate of drug-likeness (QED) is 0.0502. The summed E-state index contributed by atoms with van der Waals surface area (Å²) in [6.45, 7) is 2.72. The number of aryl methyl sites for hydroxylation is 1. The predicted octanol–water partition coefficient (Wildman–Crippen LogP) is 8.73. The average Bonchev–Trinajstić information content (AvgIpc) is 3.69. The summed E-state index contributed by atoms with van der Waals surface area (Å²) in [5.74, 6) is -0.840. The highest BCUT2D eigenvalue weighted by Gasteiger charge is 2.28. The summed E-state index contributed by atoms with van der Waals surface area (Å²) in [6.07, 6.45) is 1.48. The number of carbonyl (C=O) groups is 1. The number of aliphatic carboxylic acids is 1. The number of rotatable bonds is 17. The van der Waals surface area contributed by atoms with Crippen LogP contribution in [0.3, 0.4) is 0 Å². The molecular formula is C46H41Cl2FN6O8S. The van der Waals surface area contributed by atoms with Crippen LogP contribution in [0, 0.1) is 5.82 Å². The molecule has 14 nitrogen and oxygen atoms in total. The molecular weight excluding hydrogens is 887 g/mol. The fraction of sp³-hybridized carbons (Fsp3) is 0.239. The minimum absolute atomic E-state index is 0.00228. The topological polar surface area (TPSA) is 184 Å². The van der Waals surface area contributed by atoms with Gasteiger partial charge >= 0.3 is 5.97 Å². The molecule has 1 aliphatic heterocycles. The molecule has 2 atom stereocenters. The summed E-state index contributed by atoms with van der Waals surface area (Å²) >= 11 is 14.3. The molecule has 0 bridgehead atoms. The maximum absolute atomic E-state index is 14.1. The Bertz CT molecular complexity index is 2740. The van der Waals surface area contributed by atoms with E-state index in [1.54, 1.807) is 72.9 Å². The van der Waals surface area contributed by atoms with Gasteiger partial charge in [-0.2, -0.15) is 5.06 Å². The van der Waals surface area contributed by atoms with Crippen molar-refractivity contribution in [2.45, 2.75) is 38.1 Å². The van der Waals surface area contributed by atoms with Gasteiger partial charge in [0.25, 0.3) is 0 Å². The van der Waals surface area contributed by atoms with E-state index in [-0.39, 0.29) is 24.7 Å². The monoisotopic (exact) mass is 926 g/mol. The Hall–Kier alpha value is -5.82. The van der Waals surface area contributed by atoms with Crippen LogP contribution < -0.4 is 14.4 Å². The first kappa shape index (κ1) is 44.8. The Morgan fingerprint density at radius 1 is 0.891 bits per heavy atom. The standard InChI is InChI=1S/C46H41Cl2FN6O8S/c47-31-20-30(21-32(48)23-31)40-41-44(51-26-52-45(41)64-42(40)28-7-9-33(49)10-8-28)62-39(46(57)58)22-29-19-27(5-11-35(56)24-54-15-17-55(59)18-16-54)6-12-37(29)61-25-34-13-14-50-43(53-34)36-3-1-2-4-38(36)63-60/h1-4,6-10,12-14,19-21,23,26,35,39,56,59-60H,5,11,15-18,22,24-25H2,(H,57,58)/t35?,39-/m1/s1. The number of nitrogens with zero attached hydrogens (tertiary/aromatic N) is 6. The Morgan fingerprint density at radius 2 is 1.66 bits per heavy atom. The molecule has 0 amide bonds. The van der Waals surface area contributed by atoms with E-state index in [4.69, 9.17) is 32.7 Å². The molecule has 330 valence electrons. The summed E-state index contributed by atoms with van der Waals surface area (Å²) in [6, 6.07) is 24.9. The summed E-state index contributed by atoms with van der Waals surface area (Å²) in [5.41, 5.74) is 4.15. The van der Waals surface area contributed by atoms with E-state index >= 15 is 0 Å². The number of piperazine rings is 1. The van der Waals surface area contributed by atoms with Crippen molar-refractivity contribution in [2.75, 3.05) is 32.7 Å². The molecule has 1 fully saturated rings. The van der Waals surface area contributed by atoms with Crippen LogP contribution in [0.25, 0.3) is 43.2 Å². The maximum Gasteiger partial charge on any atom is 0.345 e. The summed E-state index contributed by atoms with van der Waals surface area (Å²) in [7, 11) is 0. The van der Waals surface area contributed by atoms with Crippen molar-refractivity contribution in [2.24, 2.45) is 0 Å². The van der Waals surface area contributed by atoms with Gasteiger partial charge in [0.1, 0.15) is 29.3 Å². The van der Waals surface area contributed by atoms with Crippen LogP contribution in [0.2, 0.25) is 10.0 Å². The number of β-amino-alcohol motifs (C(OH)–C–C–N with tert-alkyl or cyclic N) is 1. The van der Waals surface area contributed by atoms with Crippen LogP contribution in [0.5, 0.6) is 17.4 Å². The Labute approximate surface area is 380 Å². The molecule has 1 aliphatic rings. The normalized spacial score (nSPS) is 14.3. The number of aliphatic hydroxyl groups excluding tert-OH is 1. The molecule has 4 heterocycles. The fourth-order valence-corrected chi connectivity index (χ4v) is 9.19. The number of thiophene rings is 1. The van der Waals surface area contributed by atoms with Crippen LogP contribution >= 0.6 is 34.5 Å². The van der Waals surface area contributed by atoms with Crippen molar-refractivity contribution in [3.63, 3.8) is 0 Å². The lowest BCUT2D eigenvalue weighted by Crippen LogP contribution is -2.47. The van der Waals surface area contributed by atoms with Crippen molar-refractivity contribution in [1.82, 2.24) is 29.9 Å². The maximum atomic E-state index is 14.1. The summed E-state index contributed by atoms with van der Waals surface area (Å²) in [5, 5.41) is 43.3. The third kappa shape index (κ3) is 10.7. The van der Waals surface area contributed by atoms with Gasteiger partial charge in [-0.25, -0.2) is 34.4 Å². The fourth-order valence-electron chi connectivity index (χ4n) is 7.51. The third-order valence-electron chi connectivity index (χ3n) is 10.7. The van der Waals surface area contributed by atoms with E-state index in [0.717, 1.165) is 5.56 Å². The highest BCUT2D eigenvalue weighted by Crippen LogP contribution is 2.48. The number of carboxylic acid groups (broad SMARTS) is 1. The molecule has 1 unspecified atom stereocenters. The number of ether oxygens (including phenoxy) is 2. The lowest BCUT2D eigenvalue weighted by atomic mass is 9.99. The molecule has 0 spiro atoms. The second-order valence-electron chi connectivity index (χ2n) is 15.1. The van der Waals surface area contributed by atoms with Crippen molar-refractivity contribution < 1.29 is 44.2 Å². The highest BCUT2D eigenvalue weighted by molar-refractivity contribution is 7.22. The van der Waals surface area contributed by atoms with Gasteiger partial charge in [0, 0.05) is 65.8 Å². The molecule has 4 N–H and O–H groups in total. The molecule has 1 saturated heterocycles. The minimum Gasteiger partial charge on any atom is -0.487 e. The summed E-state index contributed by atoms with van der Waals surface area (Å²) in [4.78, 5) is 38.9. The van der Waals surface area contributed by atoms with Crippen LogP contribution in [-0.2, 0) is 24.2 Å². The van der Waals surface area contributed by atoms with Crippen molar-refractivity contribution in [3.05, 3.63) is 136 Å². The molecule has 7 aromatic rings. The van der Waals surface area contributed by atoms with E-state index < -0.39 is 24.0 Å². The number of carboxylic acids is 1. The van der Waals surface area contributed by atoms with Gasteiger partial charge in [-0.15, -0.1) is 11.3 Å². The van der Waals surface area contributed by atoms with Crippen molar-refractivity contribution >= 4 is 50.7 Å². The molecule has 0 radical (unpaired) electrons. The molecule has 64 heavy (non-hydrogen) atoms. The number of halogens is 3. The second-order valence-corrected chi connectivity index (χ2v) is 17.0. The molecule has 3 aromatic heterocycles. The molecule has 0 saturated carbocycles. The number of aromatic nitrogens is 4. The number of hydroxylamine groups is 2. The predicted molar refractivity (Wildman–Crippen MR) is 240 cm³/mol. The van der Waals surface area contributed by atoms with Crippen LogP contribution in [0.15, 0.2) is 104 Å². The third-order valence-corrected chi connectivity index (χ3v) is 12.3. The van der Waals surface area contributed by atoms with Crippen LogP contribution in [0.4, 0.5) is 4.39 Å². The first-order valence-electron chi connectivity index (χ1n) is 20.2. The Morgan fingerprint density at radius 3 is 2.41 bits per heavy atom. The largest absolute Gasteiger partial charge is 0.487 e. The van der Waals surface area contributed by atoms with Gasteiger partial charge in [0.05, 0.1) is 22.7 Å². The second kappa shape index (κ2) is 20.3. The Balaban J connectivity index is 1.11. The first-order valence-corrected chi connectivity index (χ1v) is 21.8. The van der Waals surface area contributed by atoms with Crippen LogP contribution in [-0.4, -0.2) is 101 Å². The van der Waals surface area contributed by atoms with E-state index in [9.17, 15) is 29.9 Å². The zero-order valence-corrected chi connectivity index (χ0v) is 36.3. The van der Waals surface area contributed by atoms with Crippen LogP contribution in [0.1, 0.15) is 23.2 Å². The average molecular weight is 928 g/mol. The molecule has 4 aromatic carbocycles. The van der Waals surface area contributed by atoms with Crippen molar-refractivity contribution in [1.29, 1.82) is 0 Å². The van der Waals surface area contributed by atoms with Gasteiger partial charge in [0.15, 0.2) is 11.6 Å². The number of benzene rings is 4. The SMILES string of the molecule is O=C(O)[C@@H](Cc1cc(CCC(O)CN2CCN(O)CC2)ccc1OCc1ccnc(-c2ccccc2OO)n1)Oc1ncnc2sc(-c3ccc(F)cc3)c(-c3cc(Cl)cc(Cl)c3)c12. The number of hydrogen-bond acceptors (Lipinski definition) is 14. The first-order chi connectivity index (χ1) is 31.0. The zero-order valence-electron chi connectivity index (χ0n) is 34.0.